The zero-order chi connectivity index (χ0) is 15.7. The molecule has 0 radical (unpaired) electrons. The fourth-order valence-electron chi connectivity index (χ4n) is 3.07. The molecular weight excluding hydrogens is 300 g/mol. The quantitative estimate of drug-likeness (QED) is 0.940. The van der Waals surface area contributed by atoms with E-state index in [0.29, 0.717) is 17.0 Å². The van der Waals surface area contributed by atoms with Gasteiger partial charge in [0.25, 0.3) is 5.56 Å². The van der Waals surface area contributed by atoms with Crippen LogP contribution in [0.2, 0.25) is 5.02 Å². The first-order valence-electron chi connectivity index (χ1n) is 7.76. The molecule has 0 unspecified atom stereocenters. The average Bonchev–Trinajstić information content (AvgIpc) is 2.55. The second kappa shape index (κ2) is 6.36. The Bertz CT molecular complexity index is 737. The van der Waals surface area contributed by atoms with E-state index in [-0.39, 0.29) is 11.6 Å². The minimum atomic E-state index is -0.00742. The lowest BCUT2D eigenvalue weighted by Gasteiger charge is -2.33. The highest BCUT2D eigenvalue weighted by Gasteiger charge is 2.23. The molecule has 2 aromatic rings. The number of hydrogen-bond donors (Lipinski definition) is 1. The molecule has 1 saturated heterocycles. The van der Waals surface area contributed by atoms with Gasteiger partial charge in [0.15, 0.2) is 0 Å². The summed E-state index contributed by atoms with van der Waals surface area (Å²) in [4.78, 5) is 19.9. The number of benzene rings is 1. The molecule has 1 aliphatic rings. The number of halogens is 1. The fraction of sp³-hybridized carbons (Fsp3) is 0.500. The molecule has 0 spiro atoms. The molecule has 0 saturated carbocycles. The third-order valence-electron chi connectivity index (χ3n) is 4.33. The normalized spacial score (nSPS) is 17.8. The van der Waals surface area contributed by atoms with E-state index in [1.165, 1.54) is 0 Å². The molecule has 118 valence electrons. The van der Waals surface area contributed by atoms with Gasteiger partial charge in [0.2, 0.25) is 0 Å². The number of piperazine rings is 1. The molecule has 6 heteroatoms. The van der Waals surface area contributed by atoms with E-state index in [2.05, 4.69) is 17.1 Å². The van der Waals surface area contributed by atoms with Crippen molar-refractivity contribution in [2.24, 2.45) is 0 Å². The van der Waals surface area contributed by atoms with Gasteiger partial charge in [-0.1, -0.05) is 11.6 Å². The van der Waals surface area contributed by atoms with E-state index >= 15 is 0 Å². The number of hydrogen-bond acceptors (Lipinski definition) is 4. The molecule has 1 N–H and O–H groups in total. The van der Waals surface area contributed by atoms with E-state index < -0.39 is 0 Å². The summed E-state index contributed by atoms with van der Waals surface area (Å²) in [5.41, 5.74) is 0.711. The Morgan fingerprint density at radius 1 is 1.36 bits per heavy atom. The van der Waals surface area contributed by atoms with E-state index in [1.807, 2.05) is 13.0 Å². The number of nitrogens with one attached hydrogen (secondary N) is 1. The molecular formula is C16H21ClN4O. The molecule has 1 fully saturated rings. The van der Waals surface area contributed by atoms with Crippen LogP contribution in [-0.2, 0) is 6.54 Å². The van der Waals surface area contributed by atoms with Crippen LogP contribution >= 0.6 is 11.6 Å². The van der Waals surface area contributed by atoms with Crippen molar-refractivity contribution < 1.29 is 0 Å². The molecule has 1 aromatic carbocycles. The first kappa shape index (κ1) is 15.5. The van der Waals surface area contributed by atoms with Gasteiger partial charge in [-0.15, -0.1) is 0 Å². The maximum atomic E-state index is 12.8. The molecule has 0 aliphatic carbocycles. The zero-order valence-electron chi connectivity index (χ0n) is 13.0. The largest absolute Gasteiger partial charge is 0.314 e. The van der Waals surface area contributed by atoms with Crippen LogP contribution in [-0.4, -0.2) is 40.6 Å². The fourth-order valence-corrected chi connectivity index (χ4v) is 3.24. The van der Waals surface area contributed by atoms with Crippen molar-refractivity contribution >= 4 is 22.5 Å². The van der Waals surface area contributed by atoms with Gasteiger partial charge < -0.3 is 5.32 Å². The van der Waals surface area contributed by atoms with Gasteiger partial charge in [0.1, 0.15) is 5.82 Å². The van der Waals surface area contributed by atoms with Gasteiger partial charge in [-0.2, -0.15) is 0 Å². The summed E-state index contributed by atoms with van der Waals surface area (Å²) in [5, 5.41) is 4.51. The van der Waals surface area contributed by atoms with Gasteiger partial charge in [0, 0.05) is 37.7 Å². The predicted octanol–water partition coefficient (Wildman–Crippen LogP) is 2.04. The molecule has 1 atom stereocenters. The number of rotatable bonds is 3. The van der Waals surface area contributed by atoms with Crippen LogP contribution in [0.3, 0.4) is 0 Å². The first-order chi connectivity index (χ1) is 10.6. The summed E-state index contributed by atoms with van der Waals surface area (Å²) in [6.07, 6.45) is 0. The summed E-state index contributed by atoms with van der Waals surface area (Å²) < 4.78 is 1.77. The molecule has 0 amide bonds. The smallest absolute Gasteiger partial charge is 0.261 e. The lowest BCUT2D eigenvalue weighted by atomic mass is 10.2. The Hall–Kier alpha value is -1.43. The molecule has 22 heavy (non-hydrogen) atoms. The van der Waals surface area contributed by atoms with Crippen LogP contribution in [0.4, 0.5) is 0 Å². The Balaban J connectivity index is 2.12. The van der Waals surface area contributed by atoms with Gasteiger partial charge in [-0.25, -0.2) is 4.98 Å². The van der Waals surface area contributed by atoms with E-state index in [1.54, 1.807) is 16.7 Å². The maximum absolute atomic E-state index is 12.8. The number of nitrogens with zero attached hydrogens (tertiary/aromatic N) is 3. The summed E-state index contributed by atoms with van der Waals surface area (Å²) in [6, 6.07) is 5.44. The second-order valence-electron chi connectivity index (χ2n) is 5.64. The summed E-state index contributed by atoms with van der Waals surface area (Å²) >= 11 is 6.02. The van der Waals surface area contributed by atoms with Crippen LogP contribution in [0, 0.1) is 0 Å². The monoisotopic (exact) mass is 320 g/mol. The SMILES string of the molecule is CCn1c([C@@H](C)N2CCNCC2)nc2ccc(Cl)cc2c1=O. The van der Waals surface area contributed by atoms with Gasteiger partial charge in [-0.3, -0.25) is 14.3 Å². The number of fused-ring (bicyclic) bond motifs is 1. The van der Waals surface area contributed by atoms with E-state index in [4.69, 9.17) is 16.6 Å². The standard InChI is InChI=1S/C16H21ClN4O/c1-3-21-15(11(2)20-8-6-18-7-9-20)19-14-5-4-12(17)10-13(14)16(21)22/h4-5,10-11,18H,3,6-9H2,1-2H3/t11-/m1/s1. The van der Waals surface area contributed by atoms with Crippen LogP contribution < -0.4 is 10.9 Å². The number of aromatic nitrogens is 2. The van der Waals surface area contributed by atoms with E-state index in [0.717, 1.165) is 37.5 Å². The van der Waals surface area contributed by atoms with Crippen molar-refractivity contribution in [2.75, 3.05) is 26.2 Å². The second-order valence-corrected chi connectivity index (χ2v) is 6.08. The Kier molecular flexibility index (Phi) is 4.47. The maximum Gasteiger partial charge on any atom is 0.261 e. The summed E-state index contributed by atoms with van der Waals surface area (Å²) in [5.74, 6) is 0.837. The van der Waals surface area contributed by atoms with Crippen LogP contribution in [0.15, 0.2) is 23.0 Å². The van der Waals surface area contributed by atoms with Crippen molar-refractivity contribution in [3.63, 3.8) is 0 Å². The summed E-state index contributed by atoms with van der Waals surface area (Å²) in [6.45, 7) is 8.61. The minimum absolute atomic E-state index is 0.00742. The molecule has 0 bridgehead atoms. The molecule has 2 heterocycles. The van der Waals surface area contributed by atoms with Gasteiger partial charge in [-0.05, 0) is 32.0 Å². The van der Waals surface area contributed by atoms with Crippen LogP contribution in [0.25, 0.3) is 10.9 Å². The Morgan fingerprint density at radius 2 is 2.09 bits per heavy atom. The first-order valence-corrected chi connectivity index (χ1v) is 8.14. The predicted molar refractivity (Wildman–Crippen MR) is 89.5 cm³/mol. The molecule has 5 nitrogen and oxygen atoms in total. The van der Waals surface area contributed by atoms with Crippen LogP contribution in [0.1, 0.15) is 25.7 Å². The van der Waals surface area contributed by atoms with E-state index in [9.17, 15) is 4.79 Å². The van der Waals surface area contributed by atoms with Crippen molar-refractivity contribution in [1.82, 2.24) is 19.8 Å². The molecule has 1 aromatic heterocycles. The van der Waals surface area contributed by atoms with Gasteiger partial charge in [0.05, 0.1) is 16.9 Å². The van der Waals surface area contributed by atoms with Crippen molar-refractivity contribution in [2.45, 2.75) is 26.4 Å². The highest BCUT2D eigenvalue weighted by Crippen LogP contribution is 2.21. The van der Waals surface area contributed by atoms with Gasteiger partial charge >= 0.3 is 0 Å². The topological polar surface area (TPSA) is 50.2 Å². The zero-order valence-corrected chi connectivity index (χ0v) is 13.7. The highest BCUT2D eigenvalue weighted by atomic mass is 35.5. The lowest BCUT2D eigenvalue weighted by molar-refractivity contribution is 0.175. The van der Waals surface area contributed by atoms with Crippen molar-refractivity contribution in [3.05, 3.63) is 39.4 Å². The Morgan fingerprint density at radius 3 is 2.77 bits per heavy atom. The molecule has 1 aliphatic heterocycles. The third kappa shape index (κ3) is 2.76. The van der Waals surface area contributed by atoms with Crippen molar-refractivity contribution in [1.29, 1.82) is 0 Å². The lowest BCUT2D eigenvalue weighted by Crippen LogP contribution is -2.45. The average molecular weight is 321 g/mol. The van der Waals surface area contributed by atoms with Crippen LogP contribution in [0.5, 0.6) is 0 Å². The summed E-state index contributed by atoms with van der Waals surface area (Å²) in [7, 11) is 0. The minimum Gasteiger partial charge on any atom is -0.314 e. The van der Waals surface area contributed by atoms with Crippen molar-refractivity contribution in [3.8, 4) is 0 Å². The highest BCUT2D eigenvalue weighted by molar-refractivity contribution is 6.31. The molecule has 3 rings (SSSR count). The Labute approximate surface area is 134 Å². The third-order valence-corrected chi connectivity index (χ3v) is 4.57.